The number of carbonyl (C=O) groups is 2. The summed E-state index contributed by atoms with van der Waals surface area (Å²) in [5.74, 6) is -3.45. The minimum atomic E-state index is -4.91. The summed E-state index contributed by atoms with van der Waals surface area (Å²) in [5, 5.41) is 36.7. The van der Waals surface area contributed by atoms with Crippen LogP contribution in [0.15, 0.2) is 34.0 Å². The van der Waals surface area contributed by atoms with Crippen molar-refractivity contribution in [2.24, 2.45) is 28.6 Å². The second-order valence-corrected chi connectivity index (χ2v) is 15.3. The predicted octanol–water partition coefficient (Wildman–Crippen LogP) is 2.60. The zero-order valence-corrected chi connectivity index (χ0v) is 38.2. The number of fused-ring (bicyclic) bond motifs is 5. The molecule has 3 aliphatic carbocycles. The third-order valence-corrected chi connectivity index (χ3v) is 12.1. The predicted molar refractivity (Wildman–Crippen MR) is 156 cm³/mol. The quantitative estimate of drug-likeness (QED) is 0.110. The van der Waals surface area contributed by atoms with Crippen LogP contribution in [-0.2, 0) is 32.9 Å². The number of Topliss-reactive ketones (excluding diaryl/α,β-unsaturated/α-hetero) is 1. The molecule has 11 atom stereocenters. The zero-order valence-electron chi connectivity index (χ0n) is 27.8. The number of ketones is 1. The molecule has 5 rings (SSSR count). The van der Waals surface area contributed by atoms with Gasteiger partial charge < -0.3 is 43.7 Å². The fourth-order valence-corrected chi connectivity index (χ4v) is 8.96. The topological polar surface area (TPSA) is 202 Å². The average Bonchev–Trinajstić information content (AvgIpc) is 3.49. The second-order valence-electron chi connectivity index (χ2n) is 14.1. The van der Waals surface area contributed by atoms with Crippen molar-refractivity contribution >= 4 is 19.6 Å². The van der Waals surface area contributed by atoms with Crippen LogP contribution in [0.5, 0.6) is 0 Å². The fourth-order valence-electron chi connectivity index (χ4n) is 8.76. The van der Waals surface area contributed by atoms with Gasteiger partial charge in [0.2, 0.25) is 0 Å². The zero-order chi connectivity index (χ0) is 33.5. The van der Waals surface area contributed by atoms with Crippen LogP contribution in [0.25, 0.3) is 0 Å². The van der Waals surface area contributed by atoms with Crippen LogP contribution in [0.3, 0.4) is 0 Å². The summed E-state index contributed by atoms with van der Waals surface area (Å²) in [4.78, 5) is 46.4. The Kier molecular flexibility index (Phi) is 13.3. The smallest absolute Gasteiger partial charge is 0.469 e. The molecule has 3 fully saturated rings. The Morgan fingerprint density at radius 2 is 1.81 bits per heavy atom. The van der Waals surface area contributed by atoms with Crippen molar-refractivity contribution in [1.82, 2.24) is 0 Å². The molecule has 0 aromatic carbocycles. The van der Waals surface area contributed by atoms with E-state index in [1.807, 2.05) is 6.92 Å². The largest absolute Gasteiger partial charge is 0.471 e. The van der Waals surface area contributed by atoms with Crippen molar-refractivity contribution in [2.75, 3.05) is 13.4 Å². The molecule has 47 heavy (non-hydrogen) atoms. The van der Waals surface area contributed by atoms with E-state index >= 15 is 0 Å². The maximum absolute atomic E-state index is 14.6. The summed E-state index contributed by atoms with van der Waals surface area (Å²) >= 11 is 0. The first-order chi connectivity index (χ1) is 20.7. The number of aliphatic hydroxyl groups is 3. The first-order valence-electron chi connectivity index (χ1n) is 15.3. The van der Waals surface area contributed by atoms with Crippen LogP contribution in [0, 0.1) is 117 Å². The molecule has 4 aliphatic rings. The van der Waals surface area contributed by atoms with Crippen molar-refractivity contribution in [3.8, 4) is 0 Å². The van der Waals surface area contributed by atoms with Gasteiger partial charge in [0.15, 0.2) is 12.6 Å². The number of phosphoric acid groups is 1. The summed E-state index contributed by atoms with van der Waals surface area (Å²) in [6, 6.07) is 3.50. The van der Waals surface area contributed by atoms with E-state index in [9.17, 15) is 39.3 Å². The average molecular weight is 1110 g/mol. The minimum absolute atomic E-state index is 0. The number of hydrogen-bond donors (Lipinski definition) is 5. The summed E-state index contributed by atoms with van der Waals surface area (Å²) in [6.07, 6.45) is -3.27. The normalized spacial score (nSPS) is 39.0. The molecule has 1 aromatic rings. The molecule has 2 saturated carbocycles. The van der Waals surface area contributed by atoms with Gasteiger partial charge in [-0.25, -0.2) is 4.57 Å². The molecule has 258 valence electrons. The molecule has 2 bridgehead atoms. The van der Waals surface area contributed by atoms with Crippen LogP contribution in [-0.4, -0.2) is 85.9 Å². The van der Waals surface area contributed by atoms with Gasteiger partial charge in [0.25, 0.3) is 0 Å². The molecule has 13 nitrogen and oxygen atoms in total. The van der Waals surface area contributed by atoms with E-state index in [2.05, 4.69) is 4.52 Å². The number of hydrogen-bond acceptors (Lipinski definition) is 11. The van der Waals surface area contributed by atoms with Crippen LogP contribution < -0.4 is 0 Å². The van der Waals surface area contributed by atoms with Gasteiger partial charge in [-0.05, 0) is 43.0 Å². The Hall–Kier alpha value is 0.953. The molecule has 1 aliphatic heterocycles. The fraction of sp³-hybridized carbons (Fsp3) is 0.742. The van der Waals surface area contributed by atoms with E-state index in [-0.39, 0.29) is 119 Å². The number of phosphoric ester groups is 1. The van der Waals surface area contributed by atoms with Crippen molar-refractivity contribution in [2.45, 2.75) is 103 Å². The molecule has 2 radical (unpaired) electrons. The van der Waals surface area contributed by atoms with Gasteiger partial charge in [-0.3, -0.25) is 14.1 Å². The molecule has 5 N–H and O–H groups in total. The third kappa shape index (κ3) is 6.94. The van der Waals surface area contributed by atoms with Crippen molar-refractivity contribution in [3.63, 3.8) is 0 Å². The summed E-state index contributed by atoms with van der Waals surface area (Å²) in [5.41, 5.74) is -5.54. The first-order valence-corrected chi connectivity index (χ1v) is 16.8. The van der Waals surface area contributed by atoms with E-state index in [0.717, 1.165) is 0 Å². The maximum Gasteiger partial charge on any atom is 0.471 e. The number of esters is 1. The monoisotopic (exact) mass is 1110 g/mol. The third-order valence-electron chi connectivity index (χ3n) is 11.7. The van der Waals surface area contributed by atoms with Gasteiger partial charge in [0.1, 0.15) is 23.6 Å². The van der Waals surface area contributed by atoms with E-state index < -0.39 is 90.6 Å². The SMILES string of the molecule is CC1=C2C(O)C(=O)[C@]3(C)C(OCOP(=O)(O)O)CC4OCC4(O)C3[C@H](C)C(O)(CC1OC(=O)[C@H](C)[C@@H](C)c1ccco1)C2(C)C.[Ac].[Ac]. The Morgan fingerprint density at radius 3 is 2.34 bits per heavy atom. The Bertz CT molecular complexity index is 1410. The van der Waals surface area contributed by atoms with Crippen molar-refractivity contribution in [1.29, 1.82) is 0 Å². The van der Waals surface area contributed by atoms with Crippen molar-refractivity contribution in [3.05, 3.63) is 35.3 Å². The molecular formula is C31H45Ac2O13P. The van der Waals surface area contributed by atoms with Crippen LogP contribution in [0.1, 0.15) is 73.0 Å². The number of ether oxygens (including phenoxy) is 3. The van der Waals surface area contributed by atoms with Gasteiger partial charge in [-0.15, -0.1) is 0 Å². The van der Waals surface area contributed by atoms with Crippen molar-refractivity contribution < 1.29 is 151 Å². The van der Waals surface area contributed by atoms with Gasteiger partial charge >= 0.3 is 13.8 Å². The van der Waals surface area contributed by atoms with E-state index in [1.165, 1.54) is 13.2 Å². The van der Waals surface area contributed by atoms with Crippen LogP contribution in [0.4, 0.5) is 0 Å². The standard InChI is InChI=1S/C31H45O13P.2Ac/c1-15(19-9-8-10-40-19)16(2)27(34)44-20-12-31(36)18(4)25-29(7,26(33)24(32)23(17(20)3)28(31,5)6)21(42-14-43-45(37,38)39)11-22-30(25,35)13-41-22;;/h8-10,15-16,18,20-22,24-25,32,35-36H,11-14H2,1-7H3,(H2,37,38,39);;/t15-,16-,18+,20?,21?,22?,24?,25?,29-,30?,31?;;/m1../s1. The number of rotatable bonds is 8. The number of furan rings is 1. The van der Waals surface area contributed by atoms with Crippen LogP contribution >= 0.6 is 7.82 Å². The van der Waals surface area contributed by atoms with E-state index in [1.54, 1.807) is 46.8 Å². The molecule has 16 heteroatoms. The van der Waals surface area contributed by atoms with E-state index in [0.29, 0.717) is 11.3 Å². The Balaban J connectivity index is 0.00000300. The van der Waals surface area contributed by atoms with E-state index in [4.69, 9.17) is 18.6 Å². The number of aliphatic hydroxyl groups excluding tert-OH is 1. The van der Waals surface area contributed by atoms with Gasteiger partial charge in [0, 0.05) is 118 Å². The Morgan fingerprint density at radius 1 is 1.17 bits per heavy atom. The number of carbonyl (C=O) groups excluding carboxylic acids is 2. The molecular weight excluding hydrogens is 1070 g/mol. The van der Waals surface area contributed by atoms with Gasteiger partial charge in [-0.1, -0.05) is 34.6 Å². The molecule has 7 unspecified atom stereocenters. The summed E-state index contributed by atoms with van der Waals surface area (Å²) < 4.78 is 38.8. The minimum Gasteiger partial charge on any atom is -0.469 e. The Labute approximate surface area is 346 Å². The second kappa shape index (κ2) is 14.8. The maximum atomic E-state index is 14.6. The molecule has 1 aromatic heterocycles. The molecule has 0 amide bonds. The summed E-state index contributed by atoms with van der Waals surface area (Å²) in [6.45, 7) is 11.0. The first kappa shape index (κ1) is 42.4. The molecule has 0 spiro atoms. The molecule has 2 heterocycles. The van der Waals surface area contributed by atoms with Gasteiger partial charge in [0.05, 0.1) is 42.0 Å². The van der Waals surface area contributed by atoms with Crippen LogP contribution in [0.2, 0.25) is 0 Å². The summed E-state index contributed by atoms with van der Waals surface area (Å²) in [7, 11) is -4.91. The molecule has 1 saturated heterocycles. The van der Waals surface area contributed by atoms with Gasteiger partial charge in [-0.2, -0.15) is 0 Å².